The fourth-order valence-corrected chi connectivity index (χ4v) is 3.95. The van der Waals surface area contributed by atoms with Crippen molar-refractivity contribution in [3.05, 3.63) is 29.0 Å². The van der Waals surface area contributed by atoms with E-state index >= 15 is 0 Å². The Kier molecular flexibility index (Phi) is 3.87. The van der Waals surface area contributed by atoms with Gasteiger partial charge in [-0.05, 0) is 24.5 Å². The zero-order valence-corrected chi connectivity index (χ0v) is 11.2. The van der Waals surface area contributed by atoms with Crippen molar-refractivity contribution < 1.29 is 13.2 Å². The monoisotopic (exact) mass is 288 g/mol. The highest BCUT2D eigenvalue weighted by Crippen LogP contribution is 2.17. The third-order valence-corrected chi connectivity index (χ3v) is 4.91. The Labute approximate surface area is 110 Å². The van der Waals surface area contributed by atoms with Gasteiger partial charge >= 0.3 is 0 Å². The second-order valence-electron chi connectivity index (χ2n) is 4.35. The molecule has 1 fully saturated rings. The van der Waals surface area contributed by atoms with Gasteiger partial charge in [-0.3, -0.25) is 4.79 Å². The summed E-state index contributed by atoms with van der Waals surface area (Å²) in [5.74, 6) is 0.124. The van der Waals surface area contributed by atoms with Crippen LogP contribution in [0.5, 0.6) is 0 Å². The molecule has 1 aromatic heterocycles. The molecule has 98 valence electrons. The van der Waals surface area contributed by atoms with Crippen molar-refractivity contribution in [2.45, 2.75) is 6.42 Å². The predicted octanol–water partition coefficient (Wildman–Crippen LogP) is 0.900. The first-order valence-electron chi connectivity index (χ1n) is 5.56. The van der Waals surface area contributed by atoms with Crippen LogP contribution in [0.15, 0.2) is 18.3 Å². The fraction of sp³-hybridized carbons (Fsp3) is 0.455. The average Bonchev–Trinajstić information content (AvgIpc) is 2.66. The summed E-state index contributed by atoms with van der Waals surface area (Å²) in [5.41, 5.74) is 0.427. The summed E-state index contributed by atoms with van der Waals surface area (Å²) in [6, 6.07) is 3.04. The van der Waals surface area contributed by atoms with Crippen molar-refractivity contribution in [2.75, 3.05) is 18.1 Å². The molecule has 0 radical (unpaired) electrons. The van der Waals surface area contributed by atoms with Gasteiger partial charge in [0.2, 0.25) is 0 Å². The third-order valence-electron chi connectivity index (χ3n) is 2.87. The minimum Gasteiger partial charge on any atom is -0.352 e. The molecule has 1 amide bonds. The van der Waals surface area contributed by atoms with Crippen molar-refractivity contribution in [2.24, 2.45) is 5.92 Å². The summed E-state index contributed by atoms with van der Waals surface area (Å²) < 4.78 is 22.5. The number of sulfone groups is 1. The molecule has 1 saturated heterocycles. The molecule has 2 heterocycles. The van der Waals surface area contributed by atoms with E-state index < -0.39 is 9.84 Å². The molecule has 0 aromatic carbocycles. The summed E-state index contributed by atoms with van der Waals surface area (Å²) in [6.07, 6.45) is 2.07. The molecular formula is C11H13ClN2O3S. The van der Waals surface area contributed by atoms with Crippen LogP contribution >= 0.6 is 11.6 Å². The molecule has 5 nitrogen and oxygen atoms in total. The summed E-state index contributed by atoms with van der Waals surface area (Å²) in [7, 11) is -2.90. The number of carbonyl (C=O) groups excluding carboxylic acids is 1. The highest BCUT2D eigenvalue weighted by Gasteiger charge is 2.27. The van der Waals surface area contributed by atoms with Crippen LogP contribution < -0.4 is 5.32 Å². The average molecular weight is 289 g/mol. The predicted molar refractivity (Wildman–Crippen MR) is 68.3 cm³/mol. The van der Waals surface area contributed by atoms with E-state index in [0.29, 0.717) is 18.5 Å². The maximum atomic E-state index is 11.8. The van der Waals surface area contributed by atoms with Crippen LogP contribution in [0.4, 0.5) is 0 Å². The Balaban J connectivity index is 1.90. The van der Waals surface area contributed by atoms with Gasteiger partial charge in [-0.1, -0.05) is 11.6 Å². The molecule has 0 aliphatic carbocycles. The summed E-state index contributed by atoms with van der Waals surface area (Å²) >= 11 is 5.68. The maximum Gasteiger partial charge on any atom is 0.251 e. The zero-order valence-electron chi connectivity index (χ0n) is 9.60. The summed E-state index contributed by atoms with van der Waals surface area (Å²) in [4.78, 5) is 15.6. The molecule has 1 atom stereocenters. The normalized spacial score (nSPS) is 21.7. The summed E-state index contributed by atoms with van der Waals surface area (Å²) in [6.45, 7) is 0.373. The lowest BCUT2D eigenvalue weighted by molar-refractivity contribution is 0.0948. The Bertz CT molecular complexity index is 559. The lowest BCUT2D eigenvalue weighted by Gasteiger charge is -2.09. The number of rotatable bonds is 3. The van der Waals surface area contributed by atoms with E-state index in [1.54, 1.807) is 6.07 Å². The largest absolute Gasteiger partial charge is 0.352 e. The van der Waals surface area contributed by atoms with E-state index in [0.717, 1.165) is 0 Å². The van der Waals surface area contributed by atoms with E-state index in [4.69, 9.17) is 11.6 Å². The number of nitrogens with zero attached hydrogens (tertiary/aromatic N) is 1. The smallest absolute Gasteiger partial charge is 0.251 e. The van der Waals surface area contributed by atoms with Gasteiger partial charge in [0, 0.05) is 18.3 Å². The van der Waals surface area contributed by atoms with E-state index in [9.17, 15) is 13.2 Å². The number of nitrogens with one attached hydrogen (secondary N) is 1. The van der Waals surface area contributed by atoms with Crippen LogP contribution in [0, 0.1) is 5.92 Å². The number of hydrogen-bond donors (Lipinski definition) is 1. The quantitative estimate of drug-likeness (QED) is 0.839. The Morgan fingerprint density at radius 3 is 2.94 bits per heavy atom. The summed E-state index contributed by atoms with van der Waals surface area (Å²) in [5, 5.41) is 2.97. The molecule has 1 N–H and O–H groups in total. The van der Waals surface area contributed by atoms with Gasteiger partial charge in [0.1, 0.15) is 5.15 Å². The van der Waals surface area contributed by atoms with Gasteiger partial charge in [-0.25, -0.2) is 13.4 Å². The van der Waals surface area contributed by atoms with Crippen molar-refractivity contribution >= 4 is 27.3 Å². The van der Waals surface area contributed by atoms with Crippen LogP contribution in [-0.4, -0.2) is 37.4 Å². The lowest BCUT2D eigenvalue weighted by atomic mass is 10.1. The highest BCUT2D eigenvalue weighted by atomic mass is 35.5. The molecule has 2 rings (SSSR count). The zero-order chi connectivity index (χ0) is 13.2. The molecule has 1 aliphatic rings. The maximum absolute atomic E-state index is 11.8. The van der Waals surface area contributed by atoms with Crippen LogP contribution in [-0.2, 0) is 9.84 Å². The molecule has 0 bridgehead atoms. The number of halogens is 1. The number of amides is 1. The highest BCUT2D eigenvalue weighted by molar-refractivity contribution is 7.91. The van der Waals surface area contributed by atoms with E-state index in [1.165, 1.54) is 12.3 Å². The topological polar surface area (TPSA) is 76.1 Å². The minimum absolute atomic E-state index is 0.0104. The number of carbonyl (C=O) groups is 1. The molecule has 1 aliphatic heterocycles. The Morgan fingerprint density at radius 2 is 2.33 bits per heavy atom. The molecule has 0 spiro atoms. The molecule has 1 unspecified atom stereocenters. The first-order chi connectivity index (χ1) is 8.46. The lowest BCUT2D eigenvalue weighted by Crippen LogP contribution is -2.29. The van der Waals surface area contributed by atoms with Gasteiger partial charge in [-0.2, -0.15) is 0 Å². The van der Waals surface area contributed by atoms with Crippen LogP contribution in [0.25, 0.3) is 0 Å². The van der Waals surface area contributed by atoms with E-state index in [2.05, 4.69) is 10.3 Å². The Morgan fingerprint density at radius 1 is 1.56 bits per heavy atom. The number of hydrogen-bond acceptors (Lipinski definition) is 4. The van der Waals surface area contributed by atoms with Crippen molar-refractivity contribution in [1.29, 1.82) is 0 Å². The van der Waals surface area contributed by atoms with Gasteiger partial charge in [-0.15, -0.1) is 0 Å². The van der Waals surface area contributed by atoms with Crippen LogP contribution in [0.2, 0.25) is 5.15 Å². The van der Waals surface area contributed by atoms with Crippen LogP contribution in [0.1, 0.15) is 16.8 Å². The number of aromatic nitrogens is 1. The van der Waals surface area contributed by atoms with Gasteiger partial charge < -0.3 is 5.32 Å². The standard InChI is InChI=1S/C11H13ClN2O3S/c12-10-5-9(1-3-13-10)11(15)14-6-8-2-4-18(16,17)7-8/h1,3,5,8H,2,4,6-7H2,(H,14,15). The minimum atomic E-state index is -2.90. The van der Waals surface area contributed by atoms with Gasteiger partial charge in [0.05, 0.1) is 11.5 Å². The second kappa shape index (κ2) is 5.24. The molecule has 7 heteroatoms. The Hall–Kier alpha value is -1.14. The molecular weight excluding hydrogens is 276 g/mol. The first kappa shape index (κ1) is 13.3. The van der Waals surface area contributed by atoms with Crippen molar-refractivity contribution in [1.82, 2.24) is 10.3 Å². The molecule has 18 heavy (non-hydrogen) atoms. The number of pyridine rings is 1. The van der Waals surface area contributed by atoms with E-state index in [1.807, 2.05) is 0 Å². The van der Waals surface area contributed by atoms with Gasteiger partial charge in [0.15, 0.2) is 9.84 Å². The third kappa shape index (κ3) is 3.43. The molecule has 1 aromatic rings. The van der Waals surface area contributed by atoms with E-state index in [-0.39, 0.29) is 28.5 Å². The fourth-order valence-electron chi connectivity index (χ4n) is 1.92. The van der Waals surface area contributed by atoms with Crippen molar-refractivity contribution in [3.63, 3.8) is 0 Å². The van der Waals surface area contributed by atoms with Gasteiger partial charge in [0.25, 0.3) is 5.91 Å². The first-order valence-corrected chi connectivity index (χ1v) is 7.76. The van der Waals surface area contributed by atoms with Crippen LogP contribution in [0.3, 0.4) is 0 Å². The van der Waals surface area contributed by atoms with Crippen molar-refractivity contribution in [3.8, 4) is 0 Å². The SMILES string of the molecule is O=C(NCC1CCS(=O)(=O)C1)c1ccnc(Cl)c1. The molecule has 0 saturated carbocycles. The second-order valence-corrected chi connectivity index (χ2v) is 6.96.